The van der Waals surface area contributed by atoms with Crippen molar-refractivity contribution in [2.45, 2.75) is 31.7 Å². The fourth-order valence-corrected chi connectivity index (χ4v) is 4.66. The van der Waals surface area contributed by atoms with Crippen LogP contribution in [0.4, 0.5) is 10.5 Å². The van der Waals surface area contributed by atoms with Gasteiger partial charge in [0.15, 0.2) is 12.1 Å². The zero-order valence-electron chi connectivity index (χ0n) is 21.3. The third kappa shape index (κ3) is 6.51. The number of anilines is 1. The van der Waals surface area contributed by atoms with Crippen molar-refractivity contribution < 1.29 is 19.1 Å². The Balaban J connectivity index is 1.37. The van der Waals surface area contributed by atoms with E-state index in [1.807, 2.05) is 91.0 Å². The Morgan fingerprint density at radius 1 is 0.744 bits per heavy atom. The average molecular weight is 520 g/mol. The van der Waals surface area contributed by atoms with Crippen molar-refractivity contribution in [2.75, 3.05) is 5.32 Å². The minimum absolute atomic E-state index is 0.162. The lowest BCUT2D eigenvalue weighted by molar-refractivity contribution is -0.126. The number of hydrogen-bond acceptors (Lipinski definition) is 4. The first-order valence-corrected chi connectivity index (χ1v) is 12.8. The number of nitrogens with one attached hydrogen (secondary N) is 2. The van der Waals surface area contributed by atoms with Crippen LogP contribution in [0.15, 0.2) is 115 Å². The van der Waals surface area contributed by atoms with E-state index in [-0.39, 0.29) is 24.8 Å². The third-order valence-electron chi connectivity index (χ3n) is 6.57. The molecule has 7 nitrogen and oxygen atoms in total. The lowest BCUT2D eigenvalue weighted by atomic mass is 10.00. The normalized spacial score (nSPS) is 16.4. The third-order valence-corrected chi connectivity index (χ3v) is 6.57. The molecule has 4 aromatic rings. The zero-order valence-corrected chi connectivity index (χ0v) is 21.3. The molecule has 0 aliphatic carbocycles. The lowest BCUT2D eigenvalue weighted by Gasteiger charge is -2.24. The summed E-state index contributed by atoms with van der Waals surface area (Å²) in [7, 11) is 0. The van der Waals surface area contributed by atoms with E-state index in [0.717, 1.165) is 16.7 Å². The summed E-state index contributed by atoms with van der Waals surface area (Å²) in [4.78, 5) is 40.7. The summed E-state index contributed by atoms with van der Waals surface area (Å²) in [6.45, 7) is 0.555. The second kappa shape index (κ2) is 12.1. The van der Waals surface area contributed by atoms with Gasteiger partial charge in [0.25, 0.3) is 0 Å². The maximum atomic E-state index is 13.6. The molecular formula is C32H29N3O4. The van der Waals surface area contributed by atoms with E-state index in [1.165, 1.54) is 4.90 Å². The molecule has 1 aliphatic rings. The number of carbonyl (C=O) groups is 3. The molecule has 5 rings (SSSR count). The van der Waals surface area contributed by atoms with E-state index >= 15 is 0 Å². The second-order valence-corrected chi connectivity index (χ2v) is 9.40. The highest BCUT2D eigenvalue weighted by molar-refractivity contribution is 5.92. The molecule has 196 valence electrons. The van der Waals surface area contributed by atoms with E-state index < -0.39 is 18.2 Å². The van der Waals surface area contributed by atoms with Gasteiger partial charge in [-0.25, -0.2) is 4.79 Å². The van der Waals surface area contributed by atoms with E-state index in [4.69, 9.17) is 4.74 Å². The number of benzene rings is 4. The molecule has 2 N–H and O–H groups in total. The van der Waals surface area contributed by atoms with E-state index in [1.54, 1.807) is 24.3 Å². The van der Waals surface area contributed by atoms with E-state index in [0.29, 0.717) is 17.8 Å². The van der Waals surface area contributed by atoms with Gasteiger partial charge < -0.3 is 15.4 Å². The van der Waals surface area contributed by atoms with Crippen LogP contribution in [0.2, 0.25) is 0 Å². The highest BCUT2D eigenvalue weighted by Gasteiger charge is 2.47. The van der Waals surface area contributed by atoms with Crippen molar-refractivity contribution in [3.63, 3.8) is 0 Å². The minimum Gasteiger partial charge on any atom is -0.438 e. The molecule has 1 saturated heterocycles. The lowest BCUT2D eigenvalue weighted by Crippen LogP contribution is -2.46. The summed E-state index contributed by atoms with van der Waals surface area (Å²) in [6, 6.07) is 34.8. The van der Waals surface area contributed by atoms with Gasteiger partial charge in [-0.1, -0.05) is 103 Å². The summed E-state index contributed by atoms with van der Waals surface area (Å²) in [5, 5.41) is 5.88. The molecule has 39 heavy (non-hydrogen) atoms. The standard InChI is InChI=1S/C32H29N3O4/c36-28(19-23-11-4-1-5-12-23)34-27-18-10-17-26(20-27)30-29(31(37)33-21-24-13-6-2-7-14-24)35(32(38)39-30)22-25-15-8-3-9-16-25/h1-18,20,29-30H,19,21-22H2,(H,33,37)(H,34,36)/t29-,30+/m0/s1. The summed E-state index contributed by atoms with van der Waals surface area (Å²) in [6.07, 6.45) is -1.18. The predicted molar refractivity (Wildman–Crippen MR) is 149 cm³/mol. The van der Waals surface area contributed by atoms with Crippen molar-refractivity contribution in [1.29, 1.82) is 0 Å². The van der Waals surface area contributed by atoms with Crippen molar-refractivity contribution in [3.05, 3.63) is 138 Å². The van der Waals surface area contributed by atoms with Crippen LogP contribution in [0.1, 0.15) is 28.4 Å². The van der Waals surface area contributed by atoms with Crippen LogP contribution in [0.3, 0.4) is 0 Å². The maximum Gasteiger partial charge on any atom is 0.411 e. The highest BCUT2D eigenvalue weighted by Crippen LogP contribution is 2.35. The van der Waals surface area contributed by atoms with Crippen molar-refractivity contribution in [1.82, 2.24) is 10.2 Å². The first-order valence-electron chi connectivity index (χ1n) is 12.8. The average Bonchev–Trinajstić information content (AvgIpc) is 3.29. The monoisotopic (exact) mass is 519 g/mol. The van der Waals surface area contributed by atoms with Gasteiger partial charge in [0.05, 0.1) is 13.0 Å². The van der Waals surface area contributed by atoms with Crippen LogP contribution in [0.25, 0.3) is 0 Å². The van der Waals surface area contributed by atoms with Gasteiger partial charge in [-0.15, -0.1) is 0 Å². The van der Waals surface area contributed by atoms with Gasteiger partial charge in [-0.3, -0.25) is 14.5 Å². The Hall–Kier alpha value is -4.91. The molecule has 7 heteroatoms. The number of cyclic esters (lactones) is 1. The minimum atomic E-state index is -0.892. The fraction of sp³-hybridized carbons (Fsp3) is 0.156. The Morgan fingerprint density at radius 3 is 2.03 bits per heavy atom. The number of hydrogen-bond donors (Lipinski definition) is 2. The molecule has 0 saturated carbocycles. The molecule has 0 aromatic heterocycles. The largest absolute Gasteiger partial charge is 0.438 e. The van der Waals surface area contributed by atoms with Crippen LogP contribution in [0, 0.1) is 0 Å². The number of nitrogens with zero attached hydrogens (tertiary/aromatic N) is 1. The second-order valence-electron chi connectivity index (χ2n) is 9.40. The van der Waals surface area contributed by atoms with Gasteiger partial charge in [-0.2, -0.15) is 0 Å². The molecular weight excluding hydrogens is 490 g/mol. The summed E-state index contributed by atoms with van der Waals surface area (Å²) in [5.41, 5.74) is 3.93. The van der Waals surface area contributed by atoms with Gasteiger partial charge in [0.1, 0.15) is 0 Å². The molecule has 4 aromatic carbocycles. The predicted octanol–water partition coefficient (Wildman–Crippen LogP) is 5.25. The van der Waals surface area contributed by atoms with Crippen LogP contribution in [-0.4, -0.2) is 28.8 Å². The van der Waals surface area contributed by atoms with Gasteiger partial charge >= 0.3 is 6.09 Å². The zero-order chi connectivity index (χ0) is 27.0. The van der Waals surface area contributed by atoms with Crippen LogP contribution < -0.4 is 10.6 Å². The van der Waals surface area contributed by atoms with Gasteiger partial charge in [-0.05, 0) is 34.4 Å². The molecule has 2 atom stereocenters. The molecule has 0 radical (unpaired) electrons. The molecule has 0 bridgehead atoms. The van der Waals surface area contributed by atoms with Crippen molar-refractivity contribution in [3.8, 4) is 0 Å². The van der Waals surface area contributed by atoms with Crippen LogP contribution >= 0.6 is 0 Å². The van der Waals surface area contributed by atoms with Crippen molar-refractivity contribution in [2.24, 2.45) is 0 Å². The number of carbonyl (C=O) groups excluding carboxylic acids is 3. The van der Waals surface area contributed by atoms with Crippen LogP contribution in [-0.2, 0) is 33.8 Å². The smallest absolute Gasteiger partial charge is 0.411 e. The SMILES string of the molecule is O=C(Cc1ccccc1)Nc1cccc([C@H]2OC(=O)N(Cc3ccccc3)[C@@H]2C(=O)NCc2ccccc2)c1. The van der Waals surface area contributed by atoms with E-state index in [2.05, 4.69) is 10.6 Å². The fourth-order valence-electron chi connectivity index (χ4n) is 4.66. The van der Waals surface area contributed by atoms with Gasteiger partial charge in [0.2, 0.25) is 11.8 Å². The highest BCUT2D eigenvalue weighted by atomic mass is 16.6. The number of rotatable bonds is 9. The van der Waals surface area contributed by atoms with Crippen LogP contribution in [0.5, 0.6) is 0 Å². The number of amides is 3. The first kappa shape index (κ1) is 25.7. The molecule has 0 spiro atoms. The Kier molecular flexibility index (Phi) is 7.98. The maximum absolute atomic E-state index is 13.6. The summed E-state index contributed by atoms with van der Waals surface area (Å²) < 4.78 is 5.79. The van der Waals surface area contributed by atoms with E-state index in [9.17, 15) is 14.4 Å². The molecule has 3 amide bonds. The first-order chi connectivity index (χ1) is 19.1. The molecule has 0 unspecified atom stereocenters. The summed E-state index contributed by atoms with van der Waals surface area (Å²) >= 11 is 0. The molecule has 1 heterocycles. The molecule has 1 aliphatic heterocycles. The Bertz CT molecular complexity index is 1430. The topological polar surface area (TPSA) is 87.7 Å². The van der Waals surface area contributed by atoms with Gasteiger partial charge in [0, 0.05) is 12.2 Å². The quantitative estimate of drug-likeness (QED) is 0.316. The summed E-state index contributed by atoms with van der Waals surface area (Å²) in [5.74, 6) is -0.478. The van der Waals surface area contributed by atoms with Crippen molar-refractivity contribution >= 4 is 23.6 Å². The number of ether oxygens (including phenoxy) is 1. The Morgan fingerprint density at radius 2 is 1.36 bits per heavy atom. The Labute approximate surface area is 227 Å². The molecule has 1 fully saturated rings.